The summed E-state index contributed by atoms with van der Waals surface area (Å²) in [6, 6.07) is 5.54. The van der Waals surface area contributed by atoms with E-state index in [0.29, 0.717) is 17.4 Å². The molecular formula is C17H17BrFN7. The van der Waals surface area contributed by atoms with Crippen molar-refractivity contribution in [2.45, 2.75) is 31.6 Å². The highest BCUT2D eigenvalue weighted by Gasteiger charge is 2.26. The summed E-state index contributed by atoms with van der Waals surface area (Å²) < 4.78 is 15.9. The average molecular weight is 418 g/mol. The molecule has 0 saturated heterocycles. The first-order valence-electron chi connectivity index (χ1n) is 8.28. The van der Waals surface area contributed by atoms with E-state index >= 15 is 4.39 Å². The Kier molecular flexibility index (Phi) is 4.31. The van der Waals surface area contributed by atoms with E-state index in [2.05, 4.69) is 46.4 Å². The fourth-order valence-electron chi connectivity index (χ4n) is 2.76. The van der Waals surface area contributed by atoms with Gasteiger partial charge in [-0.15, -0.1) is 0 Å². The second-order valence-electron chi connectivity index (χ2n) is 6.36. The maximum absolute atomic E-state index is 15.0. The highest BCUT2D eigenvalue weighted by atomic mass is 79.9. The average Bonchev–Trinajstić information content (AvgIpc) is 3.37. The van der Waals surface area contributed by atoms with Crippen LogP contribution in [0.2, 0.25) is 0 Å². The lowest BCUT2D eigenvalue weighted by atomic mass is 10.0. The van der Waals surface area contributed by atoms with Crippen molar-refractivity contribution in [1.29, 1.82) is 0 Å². The Labute approximate surface area is 157 Å². The number of nitrogen functional groups attached to an aromatic ring is 1. The largest absolute Gasteiger partial charge is 0.368 e. The van der Waals surface area contributed by atoms with Crippen LogP contribution in [0.4, 0.5) is 22.0 Å². The third-order valence-corrected chi connectivity index (χ3v) is 4.83. The molecule has 4 N–H and O–H groups in total. The molecule has 0 spiro atoms. The monoisotopic (exact) mass is 417 g/mol. The van der Waals surface area contributed by atoms with Gasteiger partial charge in [0.25, 0.3) is 0 Å². The van der Waals surface area contributed by atoms with Crippen molar-refractivity contribution < 1.29 is 4.39 Å². The predicted octanol–water partition coefficient (Wildman–Crippen LogP) is 3.85. The van der Waals surface area contributed by atoms with Gasteiger partial charge in [-0.1, -0.05) is 6.92 Å². The van der Waals surface area contributed by atoms with Gasteiger partial charge in [-0.05, 0) is 40.9 Å². The topological polar surface area (TPSA) is 105 Å². The summed E-state index contributed by atoms with van der Waals surface area (Å²) in [5, 5.41) is 10.0. The van der Waals surface area contributed by atoms with Crippen LogP contribution in [0.25, 0.3) is 0 Å². The van der Waals surface area contributed by atoms with Crippen molar-refractivity contribution in [3.63, 3.8) is 0 Å². The third-order valence-electron chi connectivity index (χ3n) is 4.36. The lowest BCUT2D eigenvalue weighted by Crippen LogP contribution is -2.11. The summed E-state index contributed by atoms with van der Waals surface area (Å²) in [6.45, 7) is 1.82. The van der Waals surface area contributed by atoms with Gasteiger partial charge in [-0.25, -0.2) is 9.37 Å². The number of halogens is 2. The normalized spacial score (nSPS) is 15.0. The number of nitrogens with zero attached hydrogens (tertiary/aromatic N) is 4. The van der Waals surface area contributed by atoms with Gasteiger partial charge in [0.05, 0.1) is 5.69 Å². The van der Waals surface area contributed by atoms with E-state index in [4.69, 9.17) is 5.73 Å². The number of pyridine rings is 1. The van der Waals surface area contributed by atoms with Crippen molar-refractivity contribution in [1.82, 2.24) is 25.1 Å². The Morgan fingerprint density at radius 3 is 2.85 bits per heavy atom. The number of aromatic nitrogens is 5. The van der Waals surface area contributed by atoms with Crippen molar-refractivity contribution in [3.05, 3.63) is 51.8 Å². The molecule has 0 bridgehead atoms. The molecule has 0 amide bonds. The number of anilines is 3. The maximum Gasteiger partial charge on any atom is 0.222 e. The second-order valence-corrected chi connectivity index (χ2v) is 7.28. The first-order valence-corrected chi connectivity index (χ1v) is 9.07. The van der Waals surface area contributed by atoms with Crippen molar-refractivity contribution >= 4 is 33.5 Å². The highest BCUT2D eigenvalue weighted by Crippen LogP contribution is 2.39. The molecule has 9 heteroatoms. The van der Waals surface area contributed by atoms with Crippen LogP contribution in [0.3, 0.4) is 0 Å². The smallest absolute Gasteiger partial charge is 0.222 e. The second kappa shape index (κ2) is 6.64. The van der Waals surface area contributed by atoms with Gasteiger partial charge in [0.1, 0.15) is 0 Å². The van der Waals surface area contributed by atoms with Gasteiger partial charge in [-0.3, -0.25) is 10.1 Å². The minimum Gasteiger partial charge on any atom is -0.368 e. The SMILES string of the molecule is CC(c1ccc(Br)cn1)c1nc(N)nc(Nc2cc(C3CC3)[nH]n2)c1F. The van der Waals surface area contributed by atoms with Gasteiger partial charge >= 0.3 is 0 Å². The molecule has 1 aliphatic carbocycles. The van der Waals surface area contributed by atoms with Gasteiger partial charge in [0, 0.05) is 40.0 Å². The number of H-pyrrole nitrogens is 1. The van der Waals surface area contributed by atoms with Crippen LogP contribution in [0, 0.1) is 5.82 Å². The summed E-state index contributed by atoms with van der Waals surface area (Å²) >= 11 is 3.34. The molecule has 4 rings (SSSR count). The van der Waals surface area contributed by atoms with Gasteiger partial charge < -0.3 is 11.1 Å². The molecule has 1 atom stereocenters. The van der Waals surface area contributed by atoms with E-state index in [1.165, 1.54) is 0 Å². The Bertz CT molecular complexity index is 937. The lowest BCUT2D eigenvalue weighted by molar-refractivity contribution is 0.586. The summed E-state index contributed by atoms with van der Waals surface area (Å²) in [4.78, 5) is 12.4. The summed E-state index contributed by atoms with van der Waals surface area (Å²) in [6.07, 6.45) is 3.97. The van der Waals surface area contributed by atoms with E-state index in [0.717, 1.165) is 23.0 Å². The van der Waals surface area contributed by atoms with Gasteiger partial charge in [0.15, 0.2) is 17.5 Å². The van der Waals surface area contributed by atoms with Crippen LogP contribution in [0.15, 0.2) is 28.9 Å². The molecule has 134 valence electrons. The highest BCUT2D eigenvalue weighted by molar-refractivity contribution is 9.10. The Morgan fingerprint density at radius 2 is 2.15 bits per heavy atom. The van der Waals surface area contributed by atoms with Crippen molar-refractivity contribution in [2.75, 3.05) is 11.1 Å². The van der Waals surface area contributed by atoms with E-state index < -0.39 is 5.82 Å². The van der Waals surface area contributed by atoms with Crippen LogP contribution in [-0.4, -0.2) is 25.1 Å². The van der Waals surface area contributed by atoms with Crippen LogP contribution < -0.4 is 11.1 Å². The molecular weight excluding hydrogens is 401 g/mol. The molecule has 1 saturated carbocycles. The fraction of sp³-hybridized carbons (Fsp3) is 0.294. The van der Waals surface area contributed by atoms with Crippen LogP contribution in [0.5, 0.6) is 0 Å². The number of rotatable bonds is 5. The standard InChI is InChI=1S/C17H17BrFN7/c1-8(11-5-4-10(18)7-21-11)15-14(19)16(24-17(20)23-15)22-13-6-12(25-26-13)9-2-3-9/h4-9H,2-3H2,1H3,(H4,20,22,23,24,25,26). The van der Waals surface area contributed by atoms with Crippen LogP contribution >= 0.6 is 15.9 Å². The molecule has 0 radical (unpaired) electrons. The molecule has 1 aliphatic rings. The molecule has 0 aliphatic heterocycles. The van der Waals surface area contributed by atoms with E-state index in [9.17, 15) is 0 Å². The zero-order valence-electron chi connectivity index (χ0n) is 14.0. The quantitative estimate of drug-likeness (QED) is 0.581. The fourth-order valence-corrected chi connectivity index (χ4v) is 3.00. The van der Waals surface area contributed by atoms with E-state index in [-0.39, 0.29) is 23.4 Å². The summed E-state index contributed by atoms with van der Waals surface area (Å²) in [7, 11) is 0. The molecule has 3 aromatic rings. The zero-order chi connectivity index (χ0) is 18.3. The van der Waals surface area contributed by atoms with Crippen molar-refractivity contribution in [2.24, 2.45) is 0 Å². The molecule has 3 aromatic heterocycles. The molecule has 1 fully saturated rings. The minimum atomic E-state index is -0.563. The number of nitrogens with two attached hydrogens (primary N) is 1. The lowest BCUT2D eigenvalue weighted by Gasteiger charge is -2.14. The number of hydrogen-bond donors (Lipinski definition) is 3. The molecule has 7 nitrogen and oxygen atoms in total. The minimum absolute atomic E-state index is 0.00492. The first kappa shape index (κ1) is 16.9. The predicted molar refractivity (Wildman–Crippen MR) is 99.7 cm³/mol. The summed E-state index contributed by atoms with van der Waals surface area (Å²) in [5.41, 5.74) is 7.72. The number of nitrogens with one attached hydrogen (secondary N) is 2. The molecule has 26 heavy (non-hydrogen) atoms. The van der Waals surface area contributed by atoms with E-state index in [1.54, 1.807) is 6.20 Å². The van der Waals surface area contributed by atoms with Gasteiger partial charge in [-0.2, -0.15) is 10.1 Å². The maximum atomic E-state index is 15.0. The first-order chi connectivity index (χ1) is 12.5. The zero-order valence-corrected chi connectivity index (χ0v) is 15.6. The Morgan fingerprint density at radius 1 is 1.35 bits per heavy atom. The third kappa shape index (κ3) is 3.39. The Hall–Kier alpha value is -2.55. The van der Waals surface area contributed by atoms with Crippen LogP contribution in [-0.2, 0) is 0 Å². The number of hydrogen-bond acceptors (Lipinski definition) is 6. The molecule has 3 heterocycles. The van der Waals surface area contributed by atoms with Gasteiger partial charge in [0.2, 0.25) is 5.95 Å². The van der Waals surface area contributed by atoms with E-state index in [1.807, 2.05) is 25.1 Å². The molecule has 0 aromatic carbocycles. The molecule has 1 unspecified atom stereocenters. The summed E-state index contributed by atoms with van der Waals surface area (Å²) in [5.74, 6) is 0.0837. The Balaban J connectivity index is 1.64. The van der Waals surface area contributed by atoms with Crippen LogP contribution in [0.1, 0.15) is 48.7 Å². The van der Waals surface area contributed by atoms with Crippen molar-refractivity contribution in [3.8, 4) is 0 Å². The number of aromatic amines is 1.